The molecule has 0 fully saturated rings. The van der Waals surface area contributed by atoms with Gasteiger partial charge >= 0.3 is 0 Å². The fraction of sp³-hybridized carbons (Fsp3) is 0.286. The van der Waals surface area contributed by atoms with Gasteiger partial charge in [-0.15, -0.1) is 0 Å². The lowest BCUT2D eigenvalue weighted by Gasteiger charge is -2.11. The Kier molecular flexibility index (Phi) is 4.04. The van der Waals surface area contributed by atoms with Gasteiger partial charge in [0.25, 0.3) is 0 Å². The van der Waals surface area contributed by atoms with Crippen molar-refractivity contribution >= 4 is 5.69 Å². The van der Waals surface area contributed by atoms with Gasteiger partial charge in [-0.2, -0.15) is 10.4 Å². The number of aromatic nitrogens is 2. The summed E-state index contributed by atoms with van der Waals surface area (Å²) < 4.78 is 7.13. The van der Waals surface area contributed by atoms with E-state index in [1.165, 1.54) is 5.69 Å². The van der Waals surface area contributed by atoms with Crippen LogP contribution in [-0.2, 0) is 13.5 Å². The van der Waals surface area contributed by atoms with Crippen molar-refractivity contribution in [1.29, 1.82) is 5.26 Å². The van der Waals surface area contributed by atoms with Gasteiger partial charge in [-0.05, 0) is 18.2 Å². The minimum Gasteiger partial charge on any atom is -0.495 e. The van der Waals surface area contributed by atoms with Crippen molar-refractivity contribution in [1.82, 2.24) is 9.78 Å². The Bertz CT molecular complexity index is 598. The number of nitrogens with zero attached hydrogens (tertiary/aromatic N) is 3. The second kappa shape index (κ2) is 5.91. The second-order valence-corrected chi connectivity index (χ2v) is 4.15. The van der Waals surface area contributed by atoms with E-state index >= 15 is 0 Å². The summed E-state index contributed by atoms with van der Waals surface area (Å²) in [7, 11) is 3.53. The molecule has 0 radical (unpaired) electrons. The van der Waals surface area contributed by atoms with E-state index < -0.39 is 0 Å². The Morgan fingerprint density at radius 2 is 2.26 bits per heavy atom. The molecular weight excluding hydrogens is 240 g/mol. The third kappa shape index (κ3) is 3.05. The van der Waals surface area contributed by atoms with Gasteiger partial charge in [0.05, 0.1) is 24.4 Å². The average molecular weight is 256 g/mol. The van der Waals surface area contributed by atoms with Gasteiger partial charge in [0.15, 0.2) is 0 Å². The van der Waals surface area contributed by atoms with Crippen LogP contribution in [0.2, 0.25) is 0 Å². The zero-order valence-corrected chi connectivity index (χ0v) is 11.1. The fourth-order valence-electron chi connectivity index (χ4n) is 1.88. The summed E-state index contributed by atoms with van der Waals surface area (Å²) in [6, 6.07) is 9.46. The first-order valence-corrected chi connectivity index (χ1v) is 6.03. The van der Waals surface area contributed by atoms with Crippen LogP contribution in [0.15, 0.2) is 30.5 Å². The first-order chi connectivity index (χ1) is 9.24. The molecule has 0 unspecified atom stereocenters. The number of ether oxygens (including phenoxy) is 1. The highest BCUT2D eigenvalue weighted by Gasteiger charge is 2.04. The van der Waals surface area contributed by atoms with Gasteiger partial charge in [-0.3, -0.25) is 4.68 Å². The maximum Gasteiger partial charge on any atom is 0.143 e. The number of benzene rings is 1. The first-order valence-electron chi connectivity index (χ1n) is 6.03. The van der Waals surface area contributed by atoms with Crippen molar-refractivity contribution in [3.05, 3.63) is 41.7 Å². The highest BCUT2D eigenvalue weighted by atomic mass is 16.5. The molecule has 1 aromatic heterocycles. The van der Waals surface area contributed by atoms with E-state index in [4.69, 9.17) is 10.00 Å². The van der Waals surface area contributed by atoms with E-state index in [0.717, 1.165) is 18.7 Å². The zero-order valence-electron chi connectivity index (χ0n) is 11.1. The minimum absolute atomic E-state index is 0.592. The molecule has 1 N–H and O–H groups in total. The zero-order chi connectivity index (χ0) is 13.7. The number of rotatable bonds is 5. The highest BCUT2D eigenvalue weighted by molar-refractivity contribution is 5.59. The molecule has 0 amide bonds. The summed E-state index contributed by atoms with van der Waals surface area (Å²) >= 11 is 0. The molecule has 0 bridgehead atoms. The summed E-state index contributed by atoms with van der Waals surface area (Å²) in [6.45, 7) is 0.780. The van der Waals surface area contributed by atoms with E-state index in [-0.39, 0.29) is 0 Å². The van der Waals surface area contributed by atoms with E-state index in [1.54, 1.807) is 25.4 Å². The molecule has 5 nitrogen and oxygen atoms in total. The molecule has 0 saturated heterocycles. The molecule has 98 valence electrons. The molecule has 1 heterocycles. The normalized spacial score (nSPS) is 9.95. The van der Waals surface area contributed by atoms with Crippen LogP contribution in [-0.4, -0.2) is 23.4 Å². The molecule has 5 heteroatoms. The molecule has 0 atom stereocenters. The minimum atomic E-state index is 0.592. The number of aryl methyl sites for hydroxylation is 1. The Morgan fingerprint density at radius 3 is 2.89 bits per heavy atom. The Morgan fingerprint density at radius 1 is 1.42 bits per heavy atom. The average Bonchev–Trinajstić information content (AvgIpc) is 2.84. The molecule has 2 rings (SSSR count). The summed E-state index contributed by atoms with van der Waals surface area (Å²) in [5.41, 5.74) is 2.65. The van der Waals surface area contributed by atoms with Crippen LogP contribution in [0.4, 0.5) is 5.69 Å². The van der Waals surface area contributed by atoms with Crippen LogP contribution in [0.3, 0.4) is 0 Å². The van der Waals surface area contributed by atoms with Crippen LogP contribution in [0.1, 0.15) is 11.3 Å². The van der Waals surface area contributed by atoms with E-state index in [2.05, 4.69) is 16.5 Å². The van der Waals surface area contributed by atoms with Crippen LogP contribution in [0.25, 0.3) is 0 Å². The predicted molar refractivity (Wildman–Crippen MR) is 73.1 cm³/mol. The van der Waals surface area contributed by atoms with Crippen molar-refractivity contribution in [2.24, 2.45) is 7.05 Å². The molecule has 0 aliphatic carbocycles. The Balaban J connectivity index is 2.00. The molecule has 0 aliphatic rings. The lowest BCUT2D eigenvalue weighted by Crippen LogP contribution is -2.09. The largest absolute Gasteiger partial charge is 0.495 e. The number of hydrogen-bond donors (Lipinski definition) is 1. The van der Waals surface area contributed by atoms with Crippen LogP contribution < -0.4 is 10.1 Å². The smallest absolute Gasteiger partial charge is 0.143 e. The molecule has 2 aromatic rings. The van der Waals surface area contributed by atoms with Crippen molar-refractivity contribution < 1.29 is 4.74 Å². The first kappa shape index (κ1) is 13.0. The summed E-state index contributed by atoms with van der Waals surface area (Å²) in [5, 5.41) is 16.3. The number of nitrogens with one attached hydrogen (secondary N) is 1. The van der Waals surface area contributed by atoms with Crippen molar-refractivity contribution in [3.8, 4) is 11.8 Å². The van der Waals surface area contributed by atoms with Crippen LogP contribution in [0.5, 0.6) is 5.75 Å². The maximum atomic E-state index is 8.84. The third-order valence-corrected chi connectivity index (χ3v) is 2.95. The lowest BCUT2D eigenvalue weighted by molar-refractivity contribution is 0.416. The summed E-state index contributed by atoms with van der Waals surface area (Å²) in [6.07, 6.45) is 2.66. The SMILES string of the molecule is COc1cc(C#N)ccc1NCCc1ccnn1C. The van der Waals surface area contributed by atoms with Crippen LogP contribution >= 0.6 is 0 Å². The summed E-state index contributed by atoms with van der Waals surface area (Å²) in [4.78, 5) is 0. The van der Waals surface area contributed by atoms with E-state index in [0.29, 0.717) is 11.3 Å². The predicted octanol–water partition coefficient (Wildman–Crippen LogP) is 1.95. The molecule has 19 heavy (non-hydrogen) atoms. The van der Waals surface area contributed by atoms with Gasteiger partial charge < -0.3 is 10.1 Å². The van der Waals surface area contributed by atoms with Crippen molar-refractivity contribution in [3.63, 3.8) is 0 Å². The van der Waals surface area contributed by atoms with E-state index in [1.807, 2.05) is 23.9 Å². The summed E-state index contributed by atoms with van der Waals surface area (Å²) in [5.74, 6) is 0.684. The monoisotopic (exact) mass is 256 g/mol. The number of methoxy groups -OCH3 is 1. The quantitative estimate of drug-likeness (QED) is 0.888. The number of hydrogen-bond acceptors (Lipinski definition) is 4. The molecule has 1 aromatic carbocycles. The van der Waals surface area contributed by atoms with E-state index in [9.17, 15) is 0 Å². The topological polar surface area (TPSA) is 62.9 Å². The molecular formula is C14H16N4O. The second-order valence-electron chi connectivity index (χ2n) is 4.15. The standard InChI is InChI=1S/C14H16N4O/c1-18-12(6-8-17-18)5-7-16-13-4-3-11(10-15)9-14(13)19-2/h3-4,6,8-9,16H,5,7H2,1-2H3. The Labute approximate surface area is 112 Å². The van der Waals surface area contributed by atoms with Crippen LogP contribution in [0, 0.1) is 11.3 Å². The van der Waals surface area contributed by atoms with Gasteiger partial charge in [-0.25, -0.2) is 0 Å². The van der Waals surface area contributed by atoms with Gasteiger partial charge in [0, 0.05) is 38.0 Å². The third-order valence-electron chi connectivity index (χ3n) is 2.95. The highest BCUT2D eigenvalue weighted by Crippen LogP contribution is 2.25. The molecule has 0 spiro atoms. The van der Waals surface area contributed by atoms with Gasteiger partial charge in [-0.1, -0.05) is 0 Å². The number of nitriles is 1. The van der Waals surface area contributed by atoms with Crippen molar-refractivity contribution in [2.45, 2.75) is 6.42 Å². The number of anilines is 1. The fourth-order valence-corrected chi connectivity index (χ4v) is 1.88. The van der Waals surface area contributed by atoms with Gasteiger partial charge in [0.1, 0.15) is 5.75 Å². The maximum absolute atomic E-state index is 8.84. The van der Waals surface area contributed by atoms with Gasteiger partial charge in [0.2, 0.25) is 0 Å². The molecule has 0 aliphatic heterocycles. The Hall–Kier alpha value is -2.48. The van der Waals surface area contributed by atoms with Crippen molar-refractivity contribution in [2.75, 3.05) is 19.0 Å². The lowest BCUT2D eigenvalue weighted by atomic mass is 10.2. The molecule has 0 saturated carbocycles.